The van der Waals surface area contributed by atoms with Gasteiger partial charge in [-0.15, -0.1) is 0 Å². The van der Waals surface area contributed by atoms with Crippen molar-refractivity contribution in [2.24, 2.45) is 5.41 Å². The molecule has 0 saturated heterocycles. The van der Waals surface area contributed by atoms with Crippen LogP contribution < -0.4 is 5.32 Å². The molecule has 7 heteroatoms. The minimum atomic E-state index is -3.58. The van der Waals surface area contributed by atoms with Gasteiger partial charge in [-0.2, -0.15) is 0 Å². The molecule has 1 N–H and O–H groups in total. The summed E-state index contributed by atoms with van der Waals surface area (Å²) in [7, 11) is 1.73. The van der Waals surface area contributed by atoms with Crippen LogP contribution in [-0.2, 0) is 20.4 Å². The molecule has 21 heavy (non-hydrogen) atoms. The van der Waals surface area contributed by atoms with Gasteiger partial charge in [-0.3, -0.25) is 0 Å². The Morgan fingerprint density at radius 1 is 1.38 bits per heavy atom. The predicted octanol–water partition coefficient (Wildman–Crippen LogP) is 2.65. The predicted molar refractivity (Wildman–Crippen MR) is 80.5 cm³/mol. The highest BCUT2D eigenvalue weighted by Gasteiger charge is 2.50. The van der Waals surface area contributed by atoms with Crippen molar-refractivity contribution in [1.29, 1.82) is 0 Å². The summed E-state index contributed by atoms with van der Waals surface area (Å²) in [5.74, 6) is -0.123. The van der Waals surface area contributed by atoms with Crippen LogP contribution in [0, 0.1) is 5.41 Å². The summed E-state index contributed by atoms with van der Waals surface area (Å²) in [5.41, 5.74) is 0.441. The number of rotatable bonds is 6. The molecule has 1 aliphatic rings. The van der Waals surface area contributed by atoms with Gasteiger partial charge in [0.15, 0.2) is 0 Å². The molecule has 1 amide bonds. The van der Waals surface area contributed by atoms with Gasteiger partial charge in [-0.25, -0.2) is 13.2 Å². The fraction of sp³-hybridized carbons (Fsp3) is 0.500. The van der Waals surface area contributed by atoms with Gasteiger partial charge in [0.05, 0.1) is 5.75 Å². The summed E-state index contributed by atoms with van der Waals surface area (Å²) in [6, 6.07) is 9.04. The fourth-order valence-electron chi connectivity index (χ4n) is 2.30. The number of benzene rings is 1. The molecule has 0 spiro atoms. The standard InChI is InChI=1S/C14H18ClNO4S/c1-11(14(7-8-14)10-21(15,18)19)16-13(17)20-9-12-5-3-2-4-6-12/h2-6,11H,7-10H2,1H3,(H,16,17). The molecule has 1 aromatic carbocycles. The SMILES string of the molecule is CC(NC(=O)OCc1ccccc1)C1(CS(=O)(=O)Cl)CC1. The van der Waals surface area contributed by atoms with E-state index in [-0.39, 0.29) is 18.4 Å². The van der Waals surface area contributed by atoms with Gasteiger partial charge in [-0.05, 0) is 25.3 Å². The number of ether oxygens (including phenoxy) is 1. The van der Waals surface area contributed by atoms with E-state index in [1.165, 1.54) is 0 Å². The molecule has 1 unspecified atom stereocenters. The Balaban J connectivity index is 1.83. The largest absolute Gasteiger partial charge is 0.445 e. The van der Waals surface area contributed by atoms with Gasteiger partial charge in [0.1, 0.15) is 6.61 Å². The zero-order valence-electron chi connectivity index (χ0n) is 11.7. The van der Waals surface area contributed by atoms with Crippen molar-refractivity contribution < 1.29 is 17.9 Å². The molecule has 2 rings (SSSR count). The van der Waals surface area contributed by atoms with Crippen molar-refractivity contribution >= 4 is 25.8 Å². The molecule has 1 aromatic rings. The molecule has 1 saturated carbocycles. The van der Waals surface area contributed by atoms with Crippen LogP contribution in [0.15, 0.2) is 30.3 Å². The van der Waals surface area contributed by atoms with E-state index in [0.29, 0.717) is 0 Å². The highest BCUT2D eigenvalue weighted by Crippen LogP contribution is 2.50. The number of hydrogen-bond donors (Lipinski definition) is 1. The van der Waals surface area contributed by atoms with E-state index in [0.717, 1.165) is 18.4 Å². The molecule has 0 aliphatic heterocycles. The van der Waals surface area contributed by atoms with Crippen molar-refractivity contribution in [3.8, 4) is 0 Å². The number of carbonyl (C=O) groups is 1. The van der Waals surface area contributed by atoms with Crippen LogP contribution in [0.25, 0.3) is 0 Å². The first-order valence-electron chi connectivity index (χ1n) is 6.70. The Bertz CT molecular complexity index is 599. The highest BCUT2D eigenvalue weighted by molar-refractivity contribution is 8.13. The summed E-state index contributed by atoms with van der Waals surface area (Å²) >= 11 is 0. The minimum Gasteiger partial charge on any atom is -0.445 e. The fourth-order valence-corrected chi connectivity index (χ4v) is 4.18. The number of nitrogens with one attached hydrogen (secondary N) is 1. The lowest BCUT2D eigenvalue weighted by molar-refractivity contribution is 0.132. The second kappa shape index (κ2) is 6.23. The Morgan fingerprint density at radius 3 is 2.52 bits per heavy atom. The molecular weight excluding hydrogens is 314 g/mol. The molecule has 0 radical (unpaired) electrons. The van der Waals surface area contributed by atoms with Gasteiger partial charge >= 0.3 is 6.09 Å². The van der Waals surface area contributed by atoms with Gasteiger partial charge in [-0.1, -0.05) is 30.3 Å². The van der Waals surface area contributed by atoms with Gasteiger partial charge in [0.25, 0.3) is 0 Å². The number of halogens is 1. The normalized spacial score (nSPS) is 17.8. The Morgan fingerprint density at radius 2 is 2.00 bits per heavy atom. The molecule has 1 aliphatic carbocycles. The lowest BCUT2D eigenvalue weighted by Gasteiger charge is -2.22. The van der Waals surface area contributed by atoms with Crippen LogP contribution in [0.5, 0.6) is 0 Å². The van der Waals surface area contributed by atoms with Crippen LogP contribution in [0.1, 0.15) is 25.3 Å². The number of hydrogen-bond acceptors (Lipinski definition) is 4. The van der Waals surface area contributed by atoms with Crippen LogP contribution in [-0.4, -0.2) is 26.3 Å². The van der Waals surface area contributed by atoms with E-state index < -0.39 is 20.6 Å². The van der Waals surface area contributed by atoms with Crippen LogP contribution >= 0.6 is 10.7 Å². The lowest BCUT2D eigenvalue weighted by Crippen LogP contribution is -2.41. The topological polar surface area (TPSA) is 72.5 Å². The molecule has 0 bridgehead atoms. The minimum absolute atomic E-state index is 0.123. The van der Waals surface area contributed by atoms with E-state index in [9.17, 15) is 13.2 Å². The van der Waals surface area contributed by atoms with Crippen molar-refractivity contribution in [3.05, 3.63) is 35.9 Å². The molecular formula is C14H18ClNO4S. The Hall–Kier alpha value is -1.27. The molecule has 1 atom stereocenters. The average Bonchev–Trinajstić information content (AvgIpc) is 3.16. The van der Waals surface area contributed by atoms with Crippen LogP contribution in [0.3, 0.4) is 0 Å². The average molecular weight is 332 g/mol. The number of carbonyl (C=O) groups excluding carboxylic acids is 1. The Labute approximate surface area is 129 Å². The maximum absolute atomic E-state index is 11.8. The van der Waals surface area contributed by atoms with Crippen molar-refractivity contribution in [2.45, 2.75) is 32.4 Å². The monoisotopic (exact) mass is 331 g/mol. The summed E-state index contributed by atoms with van der Waals surface area (Å²) in [5, 5.41) is 2.69. The van der Waals surface area contributed by atoms with E-state index >= 15 is 0 Å². The third kappa shape index (κ3) is 4.89. The summed E-state index contributed by atoms with van der Waals surface area (Å²) in [6.07, 6.45) is 0.919. The first-order valence-corrected chi connectivity index (χ1v) is 9.18. The van der Waals surface area contributed by atoms with Crippen LogP contribution in [0.2, 0.25) is 0 Å². The first-order chi connectivity index (χ1) is 9.81. The van der Waals surface area contributed by atoms with Gasteiger partial charge < -0.3 is 10.1 Å². The second-order valence-electron chi connectivity index (χ2n) is 5.47. The van der Waals surface area contributed by atoms with E-state index in [1.807, 2.05) is 30.3 Å². The third-order valence-corrected chi connectivity index (χ3v) is 5.06. The van der Waals surface area contributed by atoms with Gasteiger partial charge in [0, 0.05) is 22.1 Å². The van der Waals surface area contributed by atoms with E-state index in [2.05, 4.69) is 5.32 Å². The molecule has 5 nitrogen and oxygen atoms in total. The summed E-state index contributed by atoms with van der Waals surface area (Å²) < 4.78 is 27.5. The summed E-state index contributed by atoms with van der Waals surface area (Å²) in [4.78, 5) is 11.8. The van der Waals surface area contributed by atoms with Crippen molar-refractivity contribution in [2.75, 3.05) is 5.75 Å². The lowest BCUT2D eigenvalue weighted by atomic mass is 10.0. The zero-order chi connectivity index (χ0) is 15.5. The zero-order valence-corrected chi connectivity index (χ0v) is 13.3. The maximum Gasteiger partial charge on any atom is 0.407 e. The quantitative estimate of drug-likeness (QED) is 0.813. The van der Waals surface area contributed by atoms with E-state index in [1.54, 1.807) is 6.92 Å². The molecule has 0 aromatic heterocycles. The number of alkyl carbamates (subject to hydrolysis) is 1. The second-order valence-corrected chi connectivity index (χ2v) is 8.25. The van der Waals surface area contributed by atoms with Crippen molar-refractivity contribution in [3.63, 3.8) is 0 Å². The first kappa shape index (κ1) is 16.1. The smallest absolute Gasteiger partial charge is 0.407 e. The van der Waals surface area contributed by atoms with Gasteiger partial charge in [0.2, 0.25) is 9.05 Å². The summed E-state index contributed by atoms with van der Waals surface area (Å²) in [6.45, 7) is 1.96. The maximum atomic E-state index is 11.8. The highest BCUT2D eigenvalue weighted by atomic mass is 35.7. The third-order valence-electron chi connectivity index (χ3n) is 3.82. The molecule has 0 heterocycles. The van der Waals surface area contributed by atoms with E-state index in [4.69, 9.17) is 15.4 Å². The Kier molecular flexibility index (Phi) is 4.78. The molecule has 116 valence electrons. The number of amides is 1. The molecule has 1 fully saturated rings. The van der Waals surface area contributed by atoms with Crippen LogP contribution in [0.4, 0.5) is 4.79 Å². The van der Waals surface area contributed by atoms with Crippen molar-refractivity contribution in [1.82, 2.24) is 5.32 Å².